The Hall–Kier alpha value is -2.28. The van der Waals surface area contributed by atoms with Crippen molar-refractivity contribution >= 4 is 32.9 Å². The van der Waals surface area contributed by atoms with E-state index in [1.807, 2.05) is 29.0 Å². The fraction of sp³-hybridized carbons (Fsp3) is 0.273. The maximum absolute atomic E-state index is 12.8. The smallest absolute Gasteiger partial charge is 0.260 e. The second-order valence-electron chi connectivity index (χ2n) is 7.07. The van der Waals surface area contributed by atoms with Crippen LogP contribution in [0.5, 0.6) is 0 Å². The molecule has 0 unspecified atom stereocenters. The van der Waals surface area contributed by atoms with E-state index in [0.717, 1.165) is 28.1 Å². The molecule has 28 heavy (non-hydrogen) atoms. The molecule has 0 bridgehead atoms. The zero-order chi connectivity index (χ0) is 19.5. The van der Waals surface area contributed by atoms with Crippen molar-refractivity contribution in [2.75, 3.05) is 0 Å². The first kappa shape index (κ1) is 19.1. The lowest BCUT2D eigenvalue weighted by atomic mass is 10.1. The van der Waals surface area contributed by atoms with Gasteiger partial charge in [0.25, 0.3) is 5.56 Å². The minimum absolute atomic E-state index is 0.0184. The topological polar surface area (TPSA) is 57.8 Å². The van der Waals surface area contributed by atoms with Gasteiger partial charge >= 0.3 is 0 Å². The van der Waals surface area contributed by atoms with Crippen molar-refractivity contribution in [1.82, 2.24) is 15.3 Å². The number of rotatable bonds is 7. The van der Waals surface area contributed by atoms with Crippen molar-refractivity contribution in [1.29, 1.82) is 0 Å². The van der Waals surface area contributed by atoms with Crippen molar-refractivity contribution in [2.45, 2.75) is 38.8 Å². The summed E-state index contributed by atoms with van der Waals surface area (Å²) < 4.78 is 0. The molecule has 0 aliphatic carbocycles. The van der Waals surface area contributed by atoms with Crippen molar-refractivity contribution < 1.29 is 0 Å². The minimum Gasteiger partial charge on any atom is -0.309 e. The molecule has 0 saturated heterocycles. The number of benzene rings is 1. The molecular weight excluding hydrogens is 386 g/mol. The molecule has 2 atom stereocenters. The highest BCUT2D eigenvalue weighted by molar-refractivity contribution is 7.18. The van der Waals surface area contributed by atoms with Gasteiger partial charge in [-0.2, -0.15) is 0 Å². The number of aromatic amines is 1. The normalized spacial score (nSPS) is 13.6. The number of H-pyrrole nitrogens is 1. The van der Waals surface area contributed by atoms with Gasteiger partial charge in [-0.15, -0.1) is 22.7 Å². The molecule has 3 aromatic heterocycles. The molecule has 4 nitrogen and oxygen atoms in total. The van der Waals surface area contributed by atoms with E-state index in [9.17, 15) is 4.79 Å². The van der Waals surface area contributed by atoms with Crippen LogP contribution in [0.15, 0.2) is 58.0 Å². The predicted molar refractivity (Wildman–Crippen MR) is 119 cm³/mol. The van der Waals surface area contributed by atoms with Gasteiger partial charge in [0.05, 0.1) is 11.4 Å². The Kier molecular flexibility index (Phi) is 5.71. The number of fused-ring (bicyclic) bond motifs is 1. The number of aromatic nitrogens is 2. The molecule has 0 amide bonds. The fourth-order valence-corrected chi connectivity index (χ4v) is 5.17. The lowest BCUT2D eigenvalue weighted by molar-refractivity contribution is 0.443. The van der Waals surface area contributed by atoms with Gasteiger partial charge in [0.2, 0.25) is 0 Å². The molecule has 4 rings (SSSR count). The summed E-state index contributed by atoms with van der Waals surface area (Å²) in [5, 5.41) is 8.32. The Morgan fingerprint density at radius 1 is 1.11 bits per heavy atom. The number of hydrogen-bond acceptors (Lipinski definition) is 5. The van der Waals surface area contributed by atoms with E-state index >= 15 is 0 Å². The number of thiophene rings is 2. The van der Waals surface area contributed by atoms with Gasteiger partial charge in [-0.1, -0.05) is 36.4 Å². The molecule has 144 valence electrons. The molecule has 3 heterocycles. The van der Waals surface area contributed by atoms with Crippen molar-refractivity contribution in [3.8, 4) is 10.4 Å². The van der Waals surface area contributed by atoms with Gasteiger partial charge in [-0.3, -0.25) is 4.79 Å². The van der Waals surface area contributed by atoms with Crippen LogP contribution < -0.4 is 10.9 Å². The van der Waals surface area contributed by atoms with Gasteiger partial charge in [0.15, 0.2) is 0 Å². The Balaban J connectivity index is 1.48. The minimum atomic E-state index is -0.0600. The average molecular weight is 410 g/mol. The maximum atomic E-state index is 12.8. The van der Waals surface area contributed by atoms with Gasteiger partial charge in [0.1, 0.15) is 10.7 Å². The van der Waals surface area contributed by atoms with Gasteiger partial charge in [-0.05, 0) is 43.7 Å². The van der Waals surface area contributed by atoms with E-state index < -0.39 is 0 Å². The number of hydrogen-bond donors (Lipinski definition) is 2. The Bertz CT molecular complexity index is 1100. The van der Waals surface area contributed by atoms with E-state index in [-0.39, 0.29) is 11.6 Å². The first-order chi connectivity index (χ1) is 13.6. The maximum Gasteiger partial charge on any atom is 0.260 e. The third-order valence-electron chi connectivity index (χ3n) is 4.90. The largest absolute Gasteiger partial charge is 0.309 e. The zero-order valence-electron chi connectivity index (χ0n) is 15.9. The molecule has 0 radical (unpaired) electrons. The zero-order valence-corrected chi connectivity index (χ0v) is 17.6. The number of nitrogens with one attached hydrogen (secondary N) is 2. The molecule has 0 fully saturated rings. The van der Waals surface area contributed by atoms with E-state index in [2.05, 4.69) is 48.4 Å². The Morgan fingerprint density at radius 2 is 1.93 bits per heavy atom. The molecule has 0 aliphatic rings. The van der Waals surface area contributed by atoms with Crippen LogP contribution >= 0.6 is 22.7 Å². The van der Waals surface area contributed by atoms with E-state index in [1.165, 1.54) is 16.9 Å². The van der Waals surface area contributed by atoms with Crippen molar-refractivity contribution in [3.05, 3.63) is 75.0 Å². The van der Waals surface area contributed by atoms with Crippen LogP contribution in [0.4, 0.5) is 0 Å². The van der Waals surface area contributed by atoms with Crippen LogP contribution in [0.25, 0.3) is 20.7 Å². The highest BCUT2D eigenvalue weighted by atomic mass is 32.1. The molecule has 0 saturated carbocycles. The first-order valence-electron chi connectivity index (χ1n) is 9.47. The molecular formula is C22H23N3OS2. The highest BCUT2D eigenvalue weighted by Crippen LogP contribution is 2.33. The monoisotopic (exact) mass is 409 g/mol. The summed E-state index contributed by atoms with van der Waals surface area (Å²) in [6, 6.07) is 14.9. The molecule has 1 aromatic carbocycles. The number of aryl methyl sites for hydroxylation is 1. The summed E-state index contributed by atoms with van der Waals surface area (Å²) >= 11 is 3.17. The SMILES string of the molecule is C[C@H](CCc1ccccc1)N[C@@H](C)c1nc2scc(-c3cccs3)c2c(=O)[nH]1. The number of nitrogens with zero attached hydrogens (tertiary/aromatic N) is 1. The Labute approximate surface area is 172 Å². The van der Waals surface area contributed by atoms with Gasteiger partial charge < -0.3 is 10.3 Å². The van der Waals surface area contributed by atoms with Gasteiger partial charge in [-0.25, -0.2) is 4.98 Å². The van der Waals surface area contributed by atoms with Crippen LogP contribution in [0.3, 0.4) is 0 Å². The average Bonchev–Trinajstić information content (AvgIpc) is 3.36. The van der Waals surface area contributed by atoms with Crippen LogP contribution in [-0.2, 0) is 6.42 Å². The second-order valence-corrected chi connectivity index (χ2v) is 8.88. The quantitative estimate of drug-likeness (QED) is 0.430. The Morgan fingerprint density at radius 3 is 2.68 bits per heavy atom. The lowest BCUT2D eigenvalue weighted by Crippen LogP contribution is -2.31. The summed E-state index contributed by atoms with van der Waals surface area (Å²) in [6.45, 7) is 4.23. The predicted octanol–water partition coefficient (Wildman–Crippen LogP) is 5.39. The molecule has 0 aliphatic heterocycles. The lowest BCUT2D eigenvalue weighted by Gasteiger charge is -2.19. The fourth-order valence-electron chi connectivity index (χ4n) is 3.40. The van der Waals surface area contributed by atoms with Crippen molar-refractivity contribution in [2.24, 2.45) is 0 Å². The molecule has 6 heteroatoms. The van der Waals surface area contributed by atoms with E-state index in [0.29, 0.717) is 17.3 Å². The van der Waals surface area contributed by atoms with E-state index in [1.54, 1.807) is 11.3 Å². The van der Waals surface area contributed by atoms with Gasteiger partial charge in [0, 0.05) is 21.9 Å². The third-order valence-corrected chi connectivity index (χ3v) is 6.68. The van der Waals surface area contributed by atoms with Crippen LogP contribution in [-0.4, -0.2) is 16.0 Å². The third kappa shape index (κ3) is 4.09. The standard InChI is InChI=1S/C22H23N3OS2/c1-14(10-11-16-7-4-3-5-8-16)23-15(2)20-24-21(26)19-17(13-28-22(19)25-20)18-9-6-12-27-18/h3-9,12-15,23H,10-11H2,1-2H3,(H,24,25,26)/t14-,15+/m1/s1. The summed E-state index contributed by atoms with van der Waals surface area (Å²) in [5.41, 5.74) is 2.26. The first-order valence-corrected chi connectivity index (χ1v) is 11.2. The second kappa shape index (κ2) is 8.39. The summed E-state index contributed by atoms with van der Waals surface area (Å²) in [7, 11) is 0. The summed E-state index contributed by atoms with van der Waals surface area (Å²) in [6.07, 6.45) is 2.06. The molecule has 0 spiro atoms. The van der Waals surface area contributed by atoms with Crippen LogP contribution in [0.2, 0.25) is 0 Å². The van der Waals surface area contributed by atoms with Crippen LogP contribution in [0, 0.1) is 0 Å². The highest BCUT2D eigenvalue weighted by Gasteiger charge is 2.17. The molecule has 2 N–H and O–H groups in total. The molecule has 4 aromatic rings. The van der Waals surface area contributed by atoms with Crippen molar-refractivity contribution in [3.63, 3.8) is 0 Å². The summed E-state index contributed by atoms with van der Waals surface area (Å²) in [5.74, 6) is 0.698. The summed E-state index contributed by atoms with van der Waals surface area (Å²) in [4.78, 5) is 22.4. The van der Waals surface area contributed by atoms with Crippen LogP contribution in [0.1, 0.15) is 37.7 Å². The van der Waals surface area contributed by atoms with E-state index in [4.69, 9.17) is 4.98 Å².